The van der Waals surface area contributed by atoms with Crippen molar-refractivity contribution in [3.63, 3.8) is 0 Å². The fraction of sp³-hybridized carbons (Fsp3) is 0.462. The molecule has 1 aliphatic heterocycles. The number of hydrogen-bond donors (Lipinski definition) is 1. The van der Waals surface area contributed by atoms with Gasteiger partial charge in [-0.25, -0.2) is 0 Å². The second-order valence-corrected chi connectivity index (χ2v) is 9.60. The second kappa shape index (κ2) is 10.4. The summed E-state index contributed by atoms with van der Waals surface area (Å²) in [5, 5.41) is 10.6. The highest BCUT2D eigenvalue weighted by Gasteiger charge is 2.35. The summed E-state index contributed by atoms with van der Waals surface area (Å²) in [6.07, 6.45) is -3.00. The summed E-state index contributed by atoms with van der Waals surface area (Å²) in [6, 6.07) is 9.91. The lowest BCUT2D eigenvalue weighted by Gasteiger charge is -2.32. The zero-order valence-electron chi connectivity index (χ0n) is 21.3. The molecular formula is C26H31F3N6O2. The van der Waals surface area contributed by atoms with Crippen molar-refractivity contribution in [2.75, 3.05) is 18.4 Å². The molecule has 2 amide bonds. The number of benzene rings is 1. The van der Waals surface area contributed by atoms with Gasteiger partial charge in [-0.2, -0.15) is 23.4 Å². The number of alkyl halides is 3. The molecule has 0 unspecified atom stereocenters. The first-order valence-electron chi connectivity index (χ1n) is 12.4. The molecule has 1 fully saturated rings. The van der Waals surface area contributed by atoms with Crippen LogP contribution < -0.4 is 5.32 Å². The zero-order valence-corrected chi connectivity index (χ0v) is 21.3. The number of carbonyl (C=O) groups excluding carboxylic acids is 2. The van der Waals surface area contributed by atoms with Crippen LogP contribution in [0, 0.1) is 0 Å². The van der Waals surface area contributed by atoms with Gasteiger partial charge in [-0.1, -0.05) is 26.0 Å². The Morgan fingerprint density at radius 1 is 1.05 bits per heavy atom. The Morgan fingerprint density at radius 3 is 2.24 bits per heavy atom. The molecule has 0 radical (unpaired) electrons. The number of nitrogens with one attached hydrogen (secondary N) is 1. The number of piperidine rings is 1. The molecule has 37 heavy (non-hydrogen) atoms. The van der Waals surface area contributed by atoms with Gasteiger partial charge >= 0.3 is 6.18 Å². The quantitative estimate of drug-likeness (QED) is 0.497. The van der Waals surface area contributed by atoms with E-state index in [4.69, 9.17) is 0 Å². The van der Waals surface area contributed by atoms with Gasteiger partial charge in [-0.05, 0) is 55.4 Å². The van der Waals surface area contributed by atoms with Crippen molar-refractivity contribution < 1.29 is 22.8 Å². The highest BCUT2D eigenvalue weighted by Crippen LogP contribution is 2.31. The molecule has 1 aromatic carbocycles. The Labute approximate surface area is 213 Å². The van der Waals surface area contributed by atoms with E-state index >= 15 is 0 Å². The standard InChI is InChI=1S/C26H31F3N6O2/c1-5-35-22(14-20(31-35)16(2)3)25(37)34-12-10-18(11-13-34)17-6-8-19(9-7-17)30-24(36)21-15-23(26(27,28)29)32-33(21)4/h6-9,14-16,18H,5,10-13H2,1-4H3,(H,30,36). The minimum atomic E-state index is -4.62. The molecule has 8 nitrogen and oxygen atoms in total. The maximum Gasteiger partial charge on any atom is 0.435 e. The Bertz CT molecular complexity index is 1270. The lowest BCUT2D eigenvalue weighted by atomic mass is 9.89. The van der Waals surface area contributed by atoms with Crippen LogP contribution in [0.2, 0.25) is 0 Å². The van der Waals surface area contributed by atoms with Crippen LogP contribution in [0.3, 0.4) is 0 Å². The number of aromatic nitrogens is 4. The van der Waals surface area contributed by atoms with Crippen molar-refractivity contribution >= 4 is 17.5 Å². The minimum Gasteiger partial charge on any atom is -0.337 e. The molecule has 1 aliphatic rings. The Kier molecular flexibility index (Phi) is 7.42. The molecule has 3 heterocycles. The number of aryl methyl sites for hydroxylation is 2. The molecule has 0 bridgehead atoms. The van der Waals surface area contributed by atoms with Crippen molar-refractivity contribution in [3.8, 4) is 0 Å². The van der Waals surface area contributed by atoms with E-state index in [1.165, 1.54) is 7.05 Å². The SMILES string of the molecule is CCn1nc(C(C)C)cc1C(=O)N1CCC(c2ccc(NC(=O)c3cc(C(F)(F)F)nn3C)cc2)CC1. The number of hydrogen-bond acceptors (Lipinski definition) is 4. The van der Waals surface area contributed by atoms with E-state index in [1.807, 2.05) is 30.0 Å². The first-order chi connectivity index (χ1) is 17.5. The van der Waals surface area contributed by atoms with Crippen LogP contribution in [0.5, 0.6) is 0 Å². The Balaban J connectivity index is 1.36. The molecule has 0 spiro atoms. The Morgan fingerprint density at radius 2 is 1.70 bits per heavy atom. The number of likely N-dealkylation sites (tertiary alicyclic amines) is 1. The van der Waals surface area contributed by atoms with E-state index in [2.05, 4.69) is 29.4 Å². The van der Waals surface area contributed by atoms with Gasteiger partial charge in [0, 0.05) is 38.4 Å². The normalized spacial score (nSPS) is 14.9. The van der Waals surface area contributed by atoms with Gasteiger partial charge in [-0.3, -0.25) is 19.0 Å². The van der Waals surface area contributed by atoms with Gasteiger partial charge in [0.25, 0.3) is 11.8 Å². The second-order valence-electron chi connectivity index (χ2n) is 9.60. The van der Waals surface area contributed by atoms with Crippen molar-refractivity contribution in [2.24, 2.45) is 7.05 Å². The van der Waals surface area contributed by atoms with Crippen LogP contribution in [-0.4, -0.2) is 49.4 Å². The van der Waals surface area contributed by atoms with Crippen molar-refractivity contribution in [1.29, 1.82) is 0 Å². The average molecular weight is 517 g/mol. The lowest BCUT2D eigenvalue weighted by molar-refractivity contribution is -0.141. The van der Waals surface area contributed by atoms with Gasteiger partial charge < -0.3 is 10.2 Å². The molecule has 1 N–H and O–H groups in total. The summed E-state index contributed by atoms with van der Waals surface area (Å²) in [4.78, 5) is 27.5. The number of anilines is 1. The first kappa shape index (κ1) is 26.4. The molecule has 1 saturated heterocycles. The van der Waals surface area contributed by atoms with E-state index in [0.717, 1.165) is 34.8 Å². The van der Waals surface area contributed by atoms with Crippen LogP contribution in [0.4, 0.5) is 18.9 Å². The molecule has 198 valence electrons. The van der Waals surface area contributed by atoms with E-state index in [0.29, 0.717) is 31.0 Å². The Hall–Kier alpha value is -3.63. The van der Waals surface area contributed by atoms with Gasteiger partial charge in [0.2, 0.25) is 0 Å². The maximum absolute atomic E-state index is 13.2. The molecule has 11 heteroatoms. The van der Waals surface area contributed by atoms with E-state index in [-0.39, 0.29) is 23.4 Å². The molecule has 4 rings (SSSR count). The van der Waals surface area contributed by atoms with E-state index in [9.17, 15) is 22.8 Å². The third-order valence-corrected chi connectivity index (χ3v) is 6.73. The van der Waals surface area contributed by atoms with E-state index in [1.54, 1.807) is 16.8 Å². The smallest absolute Gasteiger partial charge is 0.337 e. The highest BCUT2D eigenvalue weighted by atomic mass is 19.4. The lowest BCUT2D eigenvalue weighted by Crippen LogP contribution is -2.38. The topological polar surface area (TPSA) is 85.1 Å². The van der Waals surface area contributed by atoms with Crippen LogP contribution in [-0.2, 0) is 19.8 Å². The summed E-state index contributed by atoms with van der Waals surface area (Å²) in [7, 11) is 1.30. The van der Waals surface area contributed by atoms with Crippen molar-refractivity contribution in [2.45, 2.75) is 58.2 Å². The zero-order chi connectivity index (χ0) is 26.9. The fourth-order valence-electron chi connectivity index (χ4n) is 4.56. The third kappa shape index (κ3) is 5.70. The third-order valence-electron chi connectivity index (χ3n) is 6.73. The van der Waals surface area contributed by atoms with Crippen molar-refractivity contribution in [1.82, 2.24) is 24.5 Å². The van der Waals surface area contributed by atoms with Crippen LogP contribution >= 0.6 is 0 Å². The number of carbonyl (C=O) groups is 2. The molecule has 2 aromatic heterocycles. The number of nitrogens with zero attached hydrogens (tertiary/aromatic N) is 5. The molecule has 0 atom stereocenters. The van der Waals surface area contributed by atoms with Gasteiger partial charge in [0.1, 0.15) is 11.4 Å². The maximum atomic E-state index is 13.2. The van der Waals surface area contributed by atoms with Crippen LogP contribution in [0.15, 0.2) is 36.4 Å². The van der Waals surface area contributed by atoms with Gasteiger partial charge in [0.05, 0.1) is 5.69 Å². The largest absolute Gasteiger partial charge is 0.435 e. The van der Waals surface area contributed by atoms with Gasteiger partial charge in [0.15, 0.2) is 5.69 Å². The first-order valence-corrected chi connectivity index (χ1v) is 12.4. The summed E-state index contributed by atoms with van der Waals surface area (Å²) < 4.78 is 41.3. The highest BCUT2D eigenvalue weighted by molar-refractivity contribution is 6.03. The summed E-state index contributed by atoms with van der Waals surface area (Å²) >= 11 is 0. The molecular weight excluding hydrogens is 485 g/mol. The number of rotatable bonds is 6. The fourth-order valence-corrected chi connectivity index (χ4v) is 4.56. The molecule has 3 aromatic rings. The number of amides is 2. The molecule has 0 saturated carbocycles. The predicted octanol–water partition coefficient (Wildman–Crippen LogP) is 5.05. The van der Waals surface area contributed by atoms with Gasteiger partial charge in [-0.15, -0.1) is 0 Å². The van der Waals surface area contributed by atoms with Crippen LogP contribution in [0.25, 0.3) is 0 Å². The predicted molar refractivity (Wildman–Crippen MR) is 132 cm³/mol. The van der Waals surface area contributed by atoms with Crippen molar-refractivity contribution in [3.05, 3.63) is 64.7 Å². The monoisotopic (exact) mass is 516 g/mol. The summed E-state index contributed by atoms with van der Waals surface area (Å²) in [5.74, 6) is -0.152. The van der Waals surface area contributed by atoms with Crippen LogP contribution in [0.1, 0.15) is 83.4 Å². The van der Waals surface area contributed by atoms with E-state index < -0.39 is 17.8 Å². The number of halogens is 3. The average Bonchev–Trinajstić information content (AvgIpc) is 3.48. The molecule has 0 aliphatic carbocycles. The summed E-state index contributed by atoms with van der Waals surface area (Å²) in [6.45, 7) is 7.99. The minimum absolute atomic E-state index is 0.00149. The summed E-state index contributed by atoms with van der Waals surface area (Å²) in [5.41, 5.74) is 1.81.